The molecule has 0 radical (unpaired) electrons. The zero-order valence-corrected chi connectivity index (χ0v) is 8.83. The van der Waals surface area contributed by atoms with E-state index in [1.54, 1.807) is 6.08 Å². The lowest BCUT2D eigenvalue weighted by Gasteiger charge is -2.25. The highest BCUT2D eigenvalue weighted by Crippen LogP contribution is 2.23. The molecule has 1 fully saturated rings. The Morgan fingerprint density at radius 2 is 2.07 bits per heavy atom. The first-order chi connectivity index (χ1) is 6.63. The Morgan fingerprint density at radius 3 is 2.57 bits per heavy atom. The van der Waals surface area contributed by atoms with Gasteiger partial charge in [0, 0.05) is 18.0 Å². The Morgan fingerprint density at radius 1 is 1.50 bits per heavy atom. The molecule has 1 amide bonds. The molecule has 0 aromatic heterocycles. The maximum absolute atomic E-state index is 11.7. The van der Waals surface area contributed by atoms with E-state index in [0.29, 0.717) is 6.04 Å². The fraction of sp³-hybridized carbons (Fsp3) is 0.727. The van der Waals surface area contributed by atoms with Gasteiger partial charge in [-0.05, 0) is 32.6 Å². The lowest BCUT2D eigenvalue weighted by Crippen LogP contribution is -2.39. The standard InChI is InChI=1S/C11H20N2O/c1-3-8(2)13-11(14)9-4-6-10(12)7-5-9/h3,8-10H,1,4-7,12H2,2H3,(H,13,14). The number of nitrogens with two attached hydrogens (primary N) is 1. The largest absolute Gasteiger partial charge is 0.350 e. The lowest BCUT2D eigenvalue weighted by atomic mass is 9.86. The summed E-state index contributed by atoms with van der Waals surface area (Å²) in [6.07, 6.45) is 5.54. The Hall–Kier alpha value is -0.830. The Balaban J connectivity index is 2.34. The van der Waals surface area contributed by atoms with Crippen LogP contribution in [0.2, 0.25) is 0 Å². The van der Waals surface area contributed by atoms with Crippen molar-refractivity contribution in [3.8, 4) is 0 Å². The summed E-state index contributed by atoms with van der Waals surface area (Å²) in [6.45, 7) is 5.57. The molecule has 1 rings (SSSR count). The van der Waals surface area contributed by atoms with Crippen molar-refractivity contribution in [1.29, 1.82) is 0 Å². The molecular formula is C11H20N2O. The van der Waals surface area contributed by atoms with E-state index in [1.165, 1.54) is 0 Å². The molecule has 1 aliphatic rings. The third kappa shape index (κ3) is 3.14. The Bertz CT molecular complexity index is 207. The number of rotatable bonds is 3. The third-order valence-corrected chi connectivity index (χ3v) is 2.87. The second kappa shape index (κ2) is 5.15. The summed E-state index contributed by atoms with van der Waals surface area (Å²) in [5, 5.41) is 2.92. The average Bonchev–Trinajstić information content (AvgIpc) is 2.18. The maximum atomic E-state index is 11.7. The summed E-state index contributed by atoms with van der Waals surface area (Å²) in [4.78, 5) is 11.7. The van der Waals surface area contributed by atoms with Gasteiger partial charge in [-0.1, -0.05) is 6.08 Å². The fourth-order valence-electron chi connectivity index (χ4n) is 1.78. The zero-order valence-electron chi connectivity index (χ0n) is 8.83. The van der Waals surface area contributed by atoms with Crippen molar-refractivity contribution in [2.24, 2.45) is 11.7 Å². The van der Waals surface area contributed by atoms with Crippen LogP contribution >= 0.6 is 0 Å². The van der Waals surface area contributed by atoms with Gasteiger partial charge in [-0.2, -0.15) is 0 Å². The highest BCUT2D eigenvalue weighted by Gasteiger charge is 2.24. The maximum Gasteiger partial charge on any atom is 0.223 e. The molecule has 3 heteroatoms. The van der Waals surface area contributed by atoms with Gasteiger partial charge >= 0.3 is 0 Å². The molecule has 1 unspecified atom stereocenters. The van der Waals surface area contributed by atoms with E-state index in [9.17, 15) is 4.79 Å². The van der Waals surface area contributed by atoms with E-state index in [-0.39, 0.29) is 17.9 Å². The summed E-state index contributed by atoms with van der Waals surface area (Å²) < 4.78 is 0. The average molecular weight is 196 g/mol. The summed E-state index contributed by atoms with van der Waals surface area (Å²) in [5.74, 6) is 0.321. The lowest BCUT2D eigenvalue weighted by molar-refractivity contribution is -0.126. The molecule has 0 aliphatic heterocycles. The molecule has 1 aliphatic carbocycles. The summed E-state index contributed by atoms with van der Waals surface area (Å²) in [7, 11) is 0. The van der Waals surface area contributed by atoms with Gasteiger partial charge in [0.25, 0.3) is 0 Å². The number of carbonyl (C=O) groups is 1. The monoisotopic (exact) mass is 196 g/mol. The number of carbonyl (C=O) groups excluding carboxylic acids is 1. The second-order valence-electron chi connectivity index (χ2n) is 4.14. The zero-order chi connectivity index (χ0) is 10.6. The minimum Gasteiger partial charge on any atom is -0.350 e. The normalized spacial score (nSPS) is 29.3. The van der Waals surface area contributed by atoms with Crippen LogP contribution < -0.4 is 11.1 Å². The van der Waals surface area contributed by atoms with E-state index in [1.807, 2.05) is 6.92 Å². The van der Waals surface area contributed by atoms with Crippen LogP contribution in [-0.2, 0) is 4.79 Å². The first-order valence-corrected chi connectivity index (χ1v) is 5.32. The first kappa shape index (κ1) is 11.2. The quantitative estimate of drug-likeness (QED) is 0.666. The van der Waals surface area contributed by atoms with Gasteiger partial charge in [0.05, 0.1) is 0 Å². The van der Waals surface area contributed by atoms with Crippen molar-refractivity contribution in [3.63, 3.8) is 0 Å². The summed E-state index contributed by atoms with van der Waals surface area (Å²) in [5.41, 5.74) is 5.78. The molecule has 0 spiro atoms. The molecule has 0 aromatic rings. The fourth-order valence-corrected chi connectivity index (χ4v) is 1.78. The smallest absolute Gasteiger partial charge is 0.223 e. The van der Waals surface area contributed by atoms with Crippen LogP contribution in [0.4, 0.5) is 0 Å². The van der Waals surface area contributed by atoms with Gasteiger partial charge in [-0.15, -0.1) is 6.58 Å². The van der Waals surface area contributed by atoms with Crippen molar-refractivity contribution in [2.75, 3.05) is 0 Å². The van der Waals surface area contributed by atoms with Crippen molar-refractivity contribution in [3.05, 3.63) is 12.7 Å². The minimum absolute atomic E-state index is 0.0677. The first-order valence-electron chi connectivity index (χ1n) is 5.32. The van der Waals surface area contributed by atoms with Crippen LogP contribution in [0, 0.1) is 5.92 Å². The highest BCUT2D eigenvalue weighted by atomic mass is 16.1. The van der Waals surface area contributed by atoms with E-state index >= 15 is 0 Å². The molecule has 1 saturated carbocycles. The van der Waals surface area contributed by atoms with Gasteiger partial charge in [0.2, 0.25) is 5.91 Å². The van der Waals surface area contributed by atoms with Crippen LogP contribution in [0.15, 0.2) is 12.7 Å². The Kier molecular flexibility index (Phi) is 4.14. The number of nitrogens with one attached hydrogen (secondary N) is 1. The predicted octanol–water partition coefficient (Wildman–Crippen LogP) is 1.19. The van der Waals surface area contributed by atoms with Crippen molar-refractivity contribution in [1.82, 2.24) is 5.32 Å². The summed E-state index contributed by atoms with van der Waals surface area (Å²) in [6, 6.07) is 0.369. The van der Waals surface area contributed by atoms with Gasteiger partial charge < -0.3 is 11.1 Å². The van der Waals surface area contributed by atoms with E-state index in [2.05, 4.69) is 11.9 Å². The second-order valence-corrected chi connectivity index (χ2v) is 4.14. The Labute approximate surface area is 85.7 Å². The van der Waals surface area contributed by atoms with Gasteiger partial charge in [-0.25, -0.2) is 0 Å². The molecule has 80 valence electrons. The molecule has 3 nitrogen and oxygen atoms in total. The van der Waals surface area contributed by atoms with Crippen molar-refractivity contribution >= 4 is 5.91 Å². The molecule has 0 heterocycles. The molecule has 3 N–H and O–H groups in total. The number of amides is 1. The van der Waals surface area contributed by atoms with Gasteiger partial charge in [0.15, 0.2) is 0 Å². The highest BCUT2D eigenvalue weighted by molar-refractivity contribution is 5.79. The predicted molar refractivity (Wildman–Crippen MR) is 57.7 cm³/mol. The number of hydrogen-bond acceptors (Lipinski definition) is 2. The van der Waals surface area contributed by atoms with Crippen molar-refractivity contribution < 1.29 is 4.79 Å². The molecule has 0 saturated heterocycles. The van der Waals surface area contributed by atoms with Crippen LogP contribution in [0.25, 0.3) is 0 Å². The van der Waals surface area contributed by atoms with Crippen LogP contribution in [0.5, 0.6) is 0 Å². The molecule has 1 atom stereocenters. The molecular weight excluding hydrogens is 176 g/mol. The number of hydrogen-bond donors (Lipinski definition) is 2. The van der Waals surface area contributed by atoms with Crippen LogP contribution in [0.1, 0.15) is 32.6 Å². The van der Waals surface area contributed by atoms with Crippen molar-refractivity contribution in [2.45, 2.75) is 44.7 Å². The third-order valence-electron chi connectivity index (χ3n) is 2.87. The van der Waals surface area contributed by atoms with E-state index in [4.69, 9.17) is 5.73 Å². The van der Waals surface area contributed by atoms with Gasteiger partial charge in [0.1, 0.15) is 0 Å². The van der Waals surface area contributed by atoms with E-state index in [0.717, 1.165) is 25.7 Å². The van der Waals surface area contributed by atoms with Crippen LogP contribution in [0.3, 0.4) is 0 Å². The molecule has 0 aromatic carbocycles. The van der Waals surface area contributed by atoms with Gasteiger partial charge in [-0.3, -0.25) is 4.79 Å². The SMILES string of the molecule is C=CC(C)NC(=O)C1CCC(N)CC1. The van der Waals surface area contributed by atoms with Crippen LogP contribution in [-0.4, -0.2) is 18.0 Å². The minimum atomic E-state index is 0.0677. The van der Waals surface area contributed by atoms with E-state index < -0.39 is 0 Å². The molecule has 0 bridgehead atoms. The molecule has 14 heavy (non-hydrogen) atoms. The topological polar surface area (TPSA) is 55.1 Å². The summed E-state index contributed by atoms with van der Waals surface area (Å²) >= 11 is 0.